The average Bonchev–Trinajstić information content (AvgIpc) is 3.07. The molecular formula is C16H29N3O2. The molecule has 0 spiro atoms. The molecule has 5 heteroatoms. The number of aromatic nitrogens is 1. The van der Waals surface area contributed by atoms with Crippen LogP contribution in [-0.2, 0) is 11.3 Å². The summed E-state index contributed by atoms with van der Waals surface area (Å²) in [4.78, 5) is 4.63. The minimum Gasteiger partial charge on any atom is -0.377 e. The number of nitrogens with zero attached hydrogens (tertiary/aromatic N) is 3. The lowest BCUT2D eigenvalue weighted by Gasteiger charge is -2.25. The molecular weight excluding hydrogens is 266 g/mol. The van der Waals surface area contributed by atoms with Crippen LogP contribution in [0.15, 0.2) is 10.6 Å². The molecule has 0 aliphatic carbocycles. The van der Waals surface area contributed by atoms with Gasteiger partial charge in [-0.2, -0.15) is 0 Å². The molecule has 1 aliphatic heterocycles. The van der Waals surface area contributed by atoms with Crippen molar-refractivity contribution in [1.29, 1.82) is 0 Å². The predicted molar refractivity (Wildman–Crippen MR) is 83.4 cm³/mol. The van der Waals surface area contributed by atoms with Crippen LogP contribution in [0.2, 0.25) is 0 Å². The number of ether oxygens (including phenoxy) is 1. The Morgan fingerprint density at radius 2 is 2.14 bits per heavy atom. The Kier molecular flexibility index (Phi) is 6.21. The van der Waals surface area contributed by atoms with E-state index in [1.165, 1.54) is 12.8 Å². The van der Waals surface area contributed by atoms with Crippen LogP contribution in [0, 0.1) is 0 Å². The number of hydrogen-bond acceptors (Lipinski definition) is 5. The highest BCUT2D eigenvalue weighted by Gasteiger charge is 2.20. The molecule has 1 aromatic rings. The van der Waals surface area contributed by atoms with E-state index in [-0.39, 0.29) is 0 Å². The molecule has 0 saturated carbocycles. The summed E-state index contributed by atoms with van der Waals surface area (Å²) in [6.45, 7) is 9.03. The van der Waals surface area contributed by atoms with E-state index in [4.69, 9.17) is 9.26 Å². The van der Waals surface area contributed by atoms with Crippen molar-refractivity contribution in [3.8, 4) is 0 Å². The second-order valence-corrected chi connectivity index (χ2v) is 6.55. The third kappa shape index (κ3) is 5.41. The highest BCUT2D eigenvalue weighted by Crippen LogP contribution is 2.18. The Labute approximate surface area is 128 Å². The fourth-order valence-electron chi connectivity index (χ4n) is 2.55. The van der Waals surface area contributed by atoms with Crippen LogP contribution in [0.4, 0.5) is 0 Å². The quantitative estimate of drug-likeness (QED) is 0.736. The largest absolute Gasteiger partial charge is 0.377 e. The van der Waals surface area contributed by atoms with Crippen LogP contribution in [0.3, 0.4) is 0 Å². The van der Waals surface area contributed by atoms with E-state index in [0.717, 1.165) is 44.2 Å². The van der Waals surface area contributed by atoms with Crippen LogP contribution < -0.4 is 0 Å². The van der Waals surface area contributed by atoms with Crippen molar-refractivity contribution >= 4 is 0 Å². The van der Waals surface area contributed by atoms with Gasteiger partial charge in [0.05, 0.1) is 18.3 Å². The summed E-state index contributed by atoms with van der Waals surface area (Å²) in [5.41, 5.74) is 1.04. The Morgan fingerprint density at radius 3 is 2.71 bits per heavy atom. The van der Waals surface area contributed by atoms with E-state index < -0.39 is 0 Å². The first kappa shape index (κ1) is 16.5. The Bertz CT molecular complexity index is 411. The molecule has 21 heavy (non-hydrogen) atoms. The Balaban J connectivity index is 1.92. The highest BCUT2D eigenvalue weighted by molar-refractivity contribution is 5.08. The maximum absolute atomic E-state index is 5.77. The second-order valence-electron chi connectivity index (χ2n) is 6.55. The molecule has 1 unspecified atom stereocenters. The summed E-state index contributed by atoms with van der Waals surface area (Å²) in [6, 6.07) is 2.09. The zero-order chi connectivity index (χ0) is 15.2. The first-order valence-electron chi connectivity index (χ1n) is 7.98. The first-order valence-corrected chi connectivity index (χ1v) is 7.98. The molecule has 0 amide bonds. The van der Waals surface area contributed by atoms with Gasteiger partial charge in [-0.05, 0) is 32.9 Å². The van der Waals surface area contributed by atoms with Crippen molar-refractivity contribution in [3.05, 3.63) is 17.5 Å². The summed E-state index contributed by atoms with van der Waals surface area (Å²) < 4.78 is 11.3. The molecule has 1 aromatic heterocycles. The molecule has 2 rings (SSSR count). The van der Waals surface area contributed by atoms with E-state index in [9.17, 15) is 0 Å². The van der Waals surface area contributed by atoms with Gasteiger partial charge in [0.1, 0.15) is 0 Å². The summed E-state index contributed by atoms with van der Waals surface area (Å²) in [5, 5.41) is 4.15. The zero-order valence-corrected chi connectivity index (χ0v) is 13.8. The van der Waals surface area contributed by atoms with Crippen molar-refractivity contribution in [3.63, 3.8) is 0 Å². The van der Waals surface area contributed by atoms with Gasteiger partial charge < -0.3 is 14.2 Å². The smallest absolute Gasteiger partial charge is 0.150 e. The SMILES string of the molecule is CC(C)c1cc(CN(CCN(C)C)CC2CCCO2)on1. The van der Waals surface area contributed by atoms with E-state index in [1.54, 1.807) is 0 Å². The van der Waals surface area contributed by atoms with Gasteiger partial charge in [0.25, 0.3) is 0 Å². The second kappa shape index (κ2) is 7.92. The van der Waals surface area contributed by atoms with Gasteiger partial charge in [-0.3, -0.25) is 4.90 Å². The molecule has 1 atom stereocenters. The molecule has 0 aromatic carbocycles. The van der Waals surface area contributed by atoms with Crippen molar-refractivity contribution in [2.75, 3.05) is 40.3 Å². The maximum Gasteiger partial charge on any atom is 0.150 e. The molecule has 0 bridgehead atoms. The van der Waals surface area contributed by atoms with E-state index in [2.05, 4.69) is 49.0 Å². The molecule has 1 aliphatic rings. The lowest BCUT2D eigenvalue weighted by Crippen LogP contribution is -2.36. The molecule has 5 nitrogen and oxygen atoms in total. The summed E-state index contributed by atoms with van der Waals surface area (Å²) in [6.07, 6.45) is 2.73. The van der Waals surface area contributed by atoms with Crippen LogP contribution >= 0.6 is 0 Å². The van der Waals surface area contributed by atoms with Crippen LogP contribution in [-0.4, -0.2) is 61.4 Å². The minimum atomic E-state index is 0.375. The minimum absolute atomic E-state index is 0.375. The number of likely N-dealkylation sites (N-methyl/N-ethyl adjacent to an activating group) is 1. The first-order chi connectivity index (χ1) is 10.0. The van der Waals surface area contributed by atoms with Crippen molar-refractivity contribution in [1.82, 2.24) is 15.0 Å². The summed E-state index contributed by atoms with van der Waals surface area (Å²) in [7, 11) is 4.21. The van der Waals surface area contributed by atoms with Gasteiger partial charge in [-0.15, -0.1) is 0 Å². The van der Waals surface area contributed by atoms with Crippen LogP contribution in [0.5, 0.6) is 0 Å². The van der Waals surface area contributed by atoms with Gasteiger partial charge in [0.2, 0.25) is 0 Å². The summed E-state index contributed by atoms with van der Waals surface area (Å²) >= 11 is 0. The average molecular weight is 295 g/mol. The standard InChI is InChI=1S/C16H29N3O2/c1-13(2)16-10-15(21-17-16)12-19(8-7-18(3)4)11-14-6-5-9-20-14/h10,13-14H,5-9,11-12H2,1-4H3. The lowest BCUT2D eigenvalue weighted by molar-refractivity contribution is 0.0651. The van der Waals surface area contributed by atoms with Gasteiger partial charge in [0.15, 0.2) is 5.76 Å². The highest BCUT2D eigenvalue weighted by atomic mass is 16.5. The number of rotatable bonds is 8. The summed E-state index contributed by atoms with van der Waals surface area (Å²) in [5.74, 6) is 1.37. The molecule has 2 heterocycles. The van der Waals surface area contributed by atoms with Crippen LogP contribution in [0.25, 0.3) is 0 Å². The van der Waals surface area contributed by atoms with Gasteiger partial charge >= 0.3 is 0 Å². The van der Waals surface area contributed by atoms with Crippen molar-refractivity contribution < 1.29 is 9.26 Å². The number of hydrogen-bond donors (Lipinski definition) is 0. The predicted octanol–water partition coefficient (Wildman–Crippen LogP) is 2.34. The fraction of sp³-hybridized carbons (Fsp3) is 0.812. The van der Waals surface area contributed by atoms with Crippen LogP contribution in [0.1, 0.15) is 44.1 Å². The Morgan fingerprint density at radius 1 is 1.33 bits per heavy atom. The van der Waals surface area contributed by atoms with Gasteiger partial charge in [-0.1, -0.05) is 19.0 Å². The monoisotopic (exact) mass is 295 g/mol. The molecule has 1 fully saturated rings. The van der Waals surface area contributed by atoms with E-state index >= 15 is 0 Å². The lowest BCUT2D eigenvalue weighted by atomic mass is 10.1. The van der Waals surface area contributed by atoms with Crippen molar-refractivity contribution in [2.45, 2.75) is 45.3 Å². The van der Waals surface area contributed by atoms with E-state index in [1.807, 2.05) is 0 Å². The molecule has 1 saturated heterocycles. The third-order valence-electron chi connectivity index (χ3n) is 3.90. The topological polar surface area (TPSA) is 41.7 Å². The molecule has 0 N–H and O–H groups in total. The van der Waals surface area contributed by atoms with Crippen molar-refractivity contribution in [2.24, 2.45) is 0 Å². The maximum atomic E-state index is 5.77. The van der Waals surface area contributed by atoms with Gasteiger partial charge in [0, 0.05) is 32.3 Å². The zero-order valence-electron chi connectivity index (χ0n) is 13.8. The van der Waals surface area contributed by atoms with E-state index in [0.29, 0.717) is 12.0 Å². The fourth-order valence-corrected chi connectivity index (χ4v) is 2.55. The Hall–Kier alpha value is -0.910. The third-order valence-corrected chi connectivity index (χ3v) is 3.90. The normalized spacial score (nSPS) is 19.3. The van der Waals surface area contributed by atoms with Gasteiger partial charge in [-0.25, -0.2) is 0 Å². The molecule has 0 radical (unpaired) electrons. The molecule has 120 valence electrons.